The van der Waals surface area contributed by atoms with Gasteiger partial charge >= 0.3 is 0 Å². The van der Waals surface area contributed by atoms with Gasteiger partial charge in [0.05, 0.1) is 10.6 Å². The minimum absolute atomic E-state index is 0.0719. The number of nitro benzene ring substituents is 1. The van der Waals surface area contributed by atoms with Crippen molar-refractivity contribution in [3.63, 3.8) is 0 Å². The predicted octanol–water partition coefficient (Wildman–Crippen LogP) is 2.22. The van der Waals surface area contributed by atoms with Crippen molar-refractivity contribution in [3.05, 3.63) is 76.4 Å². The van der Waals surface area contributed by atoms with E-state index in [1.54, 1.807) is 23.1 Å². The van der Waals surface area contributed by atoms with Gasteiger partial charge in [-0.15, -0.1) is 5.10 Å². The van der Waals surface area contributed by atoms with Crippen molar-refractivity contribution in [2.24, 2.45) is 0 Å². The lowest BCUT2D eigenvalue weighted by atomic mass is 10.1. The van der Waals surface area contributed by atoms with Crippen molar-refractivity contribution in [1.82, 2.24) is 29.9 Å². The predicted molar refractivity (Wildman–Crippen MR) is 116 cm³/mol. The third-order valence-electron chi connectivity index (χ3n) is 5.49. The van der Waals surface area contributed by atoms with Gasteiger partial charge in [-0.05, 0) is 30.3 Å². The zero-order valence-electron chi connectivity index (χ0n) is 17.2. The lowest BCUT2D eigenvalue weighted by Crippen LogP contribution is -2.49. The molecule has 4 aromatic rings. The number of aromatic nitrogens is 5. The fraction of sp³-hybridized carbons (Fsp3) is 0.190. The average molecular weight is 448 g/mol. The third kappa shape index (κ3) is 3.71. The van der Waals surface area contributed by atoms with Gasteiger partial charge in [0.15, 0.2) is 17.0 Å². The molecule has 0 aliphatic carbocycles. The molecule has 12 heteroatoms. The summed E-state index contributed by atoms with van der Waals surface area (Å²) in [6.07, 6.45) is 1.41. The smallest absolute Gasteiger partial charge is 0.282 e. The van der Waals surface area contributed by atoms with Gasteiger partial charge in [0.1, 0.15) is 17.7 Å². The second-order valence-electron chi connectivity index (χ2n) is 7.40. The van der Waals surface area contributed by atoms with Gasteiger partial charge in [-0.25, -0.2) is 14.4 Å². The summed E-state index contributed by atoms with van der Waals surface area (Å²) in [5, 5.41) is 19.6. The number of carbonyl (C=O) groups is 1. The van der Waals surface area contributed by atoms with Crippen LogP contribution in [0.1, 0.15) is 10.4 Å². The average Bonchev–Trinajstić information content (AvgIpc) is 3.28. The normalized spacial score (nSPS) is 14.0. The first-order valence-corrected chi connectivity index (χ1v) is 10.1. The third-order valence-corrected chi connectivity index (χ3v) is 5.49. The summed E-state index contributed by atoms with van der Waals surface area (Å²) in [5.74, 6) is -0.157. The Morgan fingerprint density at radius 3 is 2.45 bits per heavy atom. The summed E-state index contributed by atoms with van der Waals surface area (Å²) in [6.45, 7) is 1.65. The van der Waals surface area contributed by atoms with Crippen LogP contribution in [-0.2, 0) is 0 Å². The Labute approximate surface area is 186 Å². The molecule has 1 saturated heterocycles. The number of halogens is 1. The van der Waals surface area contributed by atoms with E-state index in [2.05, 4.69) is 20.3 Å². The molecule has 0 saturated carbocycles. The minimum atomic E-state index is -0.550. The monoisotopic (exact) mass is 448 g/mol. The molecule has 166 valence electrons. The summed E-state index contributed by atoms with van der Waals surface area (Å²) in [7, 11) is 0. The Bertz CT molecular complexity index is 1350. The van der Waals surface area contributed by atoms with Gasteiger partial charge in [-0.2, -0.15) is 4.68 Å². The van der Waals surface area contributed by atoms with Gasteiger partial charge in [-0.1, -0.05) is 17.3 Å². The SMILES string of the molecule is O=C(c1ccccc1[N+](=O)[O-])N1CCN(c2ncnc3c2nnn3-c2ccc(F)cc2)CC1. The molecular weight excluding hydrogens is 431 g/mol. The summed E-state index contributed by atoms with van der Waals surface area (Å²) in [5.41, 5.74) is 1.44. The second-order valence-corrected chi connectivity index (χ2v) is 7.40. The Morgan fingerprint density at radius 1 is 1.00 bits per heavy atom. The van der Waals surface area contributed by atoms with Gasteiger partial charge in [0.25, 0.3) is 11.6 Å². The number of carbonyl (C=O) groups excluding carboxylic acids is 1. The maximum Gasteiger partial charge on any atom is 0.282 e. The topological polar surface area (TPSA) is 123 Å². The number of hydrogen-bond donors (Lipinski definition) is 0. The first-order chi connectivity index (χ1) is 16.0. The van der Waals surface area contributed by atoms with E-state index in [-0.39, 0.29) is 23.0 Å². The van der Waals surface area contributed by atoms with Crippen molar-refractivity contribution in [2.75, 3.05) is 31.1 Å². The van der Waals surface area contributed by atoms with E-state index in [9.17, 15) is 19.3 Å². The molecule has 3 heterocycles. The van der Waals surface area contributed by atoms with Crippen LogP contribution >= 0.6 is 0 Å². The number of rotatable bonds is 4. The Kier molecular flexibility index (Phi) is 5.09. The first kappa shape index (κ1) is 20.4. The zero-order chi connectivity index (χ0) is 22.9. The van der Waals surface area contributed by atoms with Crippen LogP contribution in [0.3, 0.4) is 0 Å². The van der Waals surface area contributed by atoms with E-state index in [0.29, 0.717) is 48.8 Å². The molecule has 5 rings (SSSR count). The van der Waals surface area contributed by atoms with Gasteiger partial charge < -0.3 is 9.80 Å². The molecule has 0 spiro atoms. The maximum atomic E-state index is 13.3. The number of benzene rings is 2. The molecule has 0 atom stereocenters. The van der Waals surface area contributed by atoms with Crippen LogP contribution in [0.15, 0.2) is 54.9 Å². The fourth-order valence-electron chi connectivity index (χ4n) is 3.83. The second kappa shape index (κ2) is 8.22. The molecule has 1 aliphatic heterocycles. The molecule has 11 nitrogen and oxygen atoms in total. The van der Waals surface area contributed by atoms with E-state index in [0.717, 1.165) is 0 Å². The fourth-order valence-corrected chi connectivity index (χ4v) is 3.83. The molecular formula is C21H17FN8O3. The maximum absolute atomic E-state index is 13.3. The van der Waals surface area contributed by atoms with Crippen LogP contribution in [0.25, 0.3) is 16.9 Å². The molecule has 33 heavy (non-hydrogen) atoms. The number of amides is 1. The molecule has 1 aliphatic rings. The molecule has 0 bridgehead atoms. The molecule has 1 amide bonds. The molecule has 0 N–H and O–H groups in total. The molecule has 2 aromatic carbocycles. The largest absolute Gasteiger partial charge is 0.351 e. The van der Waals surface area contributed by atoms with E-state index in [1.165, 1.54) is 41.3 Å². The standard InChI is InChI=1S/C21H17FN8O3/c22-14-5-7-15(8-6-14)29-20-18(25-26-29)19(23-13-24-20)27-9-11-28(12-10-27)21(31)16-3-1-2-4-17(16)30(32)33/h1-8,13H,9-12H2. The van der Waals surface area contributed by atoms with E-state index in [1.807, 2.05) is 4.90 Å². The highest BCUT2D eigenvalue weighted by atomic mass is 19.1. The quantitative estimate of drug-likeness (QED) is 0.344. The van der Waals surface area contributed by atoms with Crippen LogP contribution in [0.4, 0.5) is 15.9 Å². The van der Waals surface area contributed by atoms with E-state index >= 15 is 0 Å². The Hall–Kier alpha value is -4.48. The van der Waals surface area contributed by atoms with Crippen LogP contribution in [0.5, 0.6) is 0 Å². The number of piperazine rings is 1. The van der Waals surface area contributed by atoms with Crippen LogP contribution in [0.2, 0.25) is 0 Å². The highest BCUT2D eigenvalue weighted by Crippen LogP contribution is 2.25. The highest BCUT2D eigenvalue weighted by molar-refractivity contribution is 5.98. The summed E-state index contributed by atoms with van der Waals surface area (Å²) < 4.78 is 14.8. The molecule has 2 aromatic heterocycles. The summed E-state index contributed by atoms with van der Waals surface area (Å²) >= 11 is 0. The Morgan fingerprint density at radius 2 is 1.73 bits per heavy atom. The summed E-state index contributed by atoms with van der Waals surface area (Å²) in [6, 6.07) is 11.8. The van der Waals surface area contributed by atoms with Gasteiger partial charge in [0, 0.05) is 32.2 Å². The molecule has 0 unspecified atom stereocenters. The zero-order valence-corrected chi connectivity index (χ0v) is 17.2. The van der Waals surface area contributed by atoms with Crippen LogP contribution in [0, 0.1) is 15.9 Å². The van der Waals surface area contributed by atoms with Crippen LogP contribution in [-0.4, -0.2) is 66.9 Å². The van der Waals surface area contributed by atoms with E-state index in [4.69, 9.17) is 0 Å². The van der Waals surface area contributed by atoms with E-state index < -0.39 is 4.92 Å². The van der Waals surface area contributed by atoms with Crippen molar-refractivity contribution in [1.29, 1.82) is 0 Å². The Balaban J connectivity index is 1.36. The number of nitrogens with zero attached hydrogens (tertiary/aromatic N) is 8. The lowest BCUT2D eigenvalue weighted by molar-refractivity contribution is -0.385. The highest BCUT2D eigenvalue weighted by Gasteiger charge is 2.28. The van der Waals surface area contributed by atoms with Crippen molar-refractivity contribution in [3.8, 4) is 5.69 Å². The summed E-state index contributed by atoms with van der Waals surface area (Å²) in [4.78, 5) is 35.8. The number of para-hydroxylation sites is 1. The minimum Gasteiger partial charge on any atom is -0.351 e. The number of nitro groups is 1. The van der Waals surface area contributed by atoms with Gasteiger partial charge in [0.2, 0.25) is 0 Å². The number of hydrogen-bond acceptors (Lipinski definition) is 8. The van der Waals surface area contributed by atoms with Crippen molar-refractivity contribution in [2.45, 2.75) is 0 Å². The number of anilines is 1. The molecule has 0 radical (unpaired) electrons. The first-order valence-electron chi connectivity index (χ1n) is 10.1. The van der Waals surface area contributed by atoms with Gasteiger partial charge in [-0.3, -0.25) is 14.9 Å². The van der Waals surface area contributed by atoms with Crippen molar-refractivity contribution >= 4 is 28.6 Å². The number of fused-ring (bicyclic) bond motifs is 1. The molecule has 1 fully saturated rings. The van der Waals surface area contributed by atoms with Crippen molar-refractivity contribution < 1.29 is 14.1 Å². The lowest BCUT2D eigenvalue weighted by Gasteiger charge is -2.35. The van der Waals surface area contributed by atoms with Crippen LogP contribution < -0.4 is 4.90 Å².